The number of hydrogen-bond donors (Lipinski definition) is 0. The lowest BCUT2D eigenvalue weighted by atomic mass is 10.2. The van der Waals surface area contributed by atoms with Crippen molar-refractivity contribution in [2.45, 2.75) is 43.8 Å². The van der Waals surface area contributed by atoms with Crippen molar-refractivity contribution < 1.29 is 17.2 Å². The van der Waals surface area contributed by atoms with Gasteiger partial charge in [0.05, 0.1) is 5.02 Å². The first-order valence-corrected chi connectivity index (χ1v) is 14.3. The summed E-state index contributed by atoms with van der Waals surface area (Å²) in [6.45, 7) is 10.1. The first kappa shape index (κ1) is 25.2. The van der Waals surface area contributed by atoms with E-state index in [2.05, 4.69) is 16.0 Å². The Labute approximate surface area is 189 Å². The molecular weight excluding hydrogens is 457 g/mol. The zero-order valence-electron chi connectivity index (χ0n) is 18.7. The third kappa shape index (κ3) is 5.61. The monoisotopic (exact) mass is 483 g/mol. The average Bonchev–Trinajstić information content (AvgIpc) is 2.63. The number of rotatable bonds is 6. The summed E-state index contributed by atoms with van der Waals surface area (Å²) in [4.78, 5) is 7.90. The van der Waals surface area contributed by atoms with Crippen LogP contribution in [0.1, 0.15) is 20.8 Å². The van der Waals surface area contributed by atoms with E-state index < -0.39 is 24.2 Å². The van der Waals surface area contributed by atoms with Crippen molar-refractivity contribution in [1.82, 2.24) is 4.31 Å². The first-order valence-electron chi connectivity index (χ1n) is 9.53. The lowest BCUT2D eigenvalue weighted by Gasteiger charge is -2.37. The van der Waals surface area contributed by atoms with E-state index in [9.17, 15) is 12.8 Å². The largest absolute Gasteiger partial charge is 0.541 e. The maximum absolute atomic E-state index is 13.8. The van der Waals surface area contributed by atoms with Gasteiger partial charge in [-0.15, -0.1) is 0 Å². The fourth-order valence-corrected chi connectivity index (χ4v) is 4.82. The summed E-state index contributed by atoms with van der Waals surface area (Å²) in [6, 6.07) is 11.4. The highest BCUT2D eigenvalue weighted by molar-refractivity contribution is 7.89. The predicted octanol–water partition coefficient (Wildman–Crippen LogP) is 6.25. The maximum atomic E-state index is 13.8. The van der Waals surface area contributed by atoms with E-state index in [1.807, 2.05) is 33.9 Å². The number of benzene rings is 2. The van der Waals surface area contributed by atoms with E-state index in [1.165, 1.54) is 38.4 Å². The lowest BCUT2D eigenvalue weighted by Crippen LogP contribution is -2.44. The molecule has 168 valence electrons. The highest BCUT2D eigenvalue weighted by Gasteiger charge is 2.41. The van der Waals surface area contributed by atoms with E-state index >= 15 is 0 Å². The summed E-state index contributed by atoms with van der Waals surface area (Å²) in [5.41, 5.74) is 0.253. The van der Waals surface area contributed by atoms with Gasteiger partial charge in [0.2, 0.25) is 10.0 Å². The molecule has 2 aromatic rings. The Kier molecular flexibility index (Phi) is 7.50. The Morgan fingerprint density at radius 3 is 2.19 bits per heavy atom. The van der Waals surface area contributed by atoms with Gasteiger partial charge in [-0.1, -0.05) is 44.5 Å². The van der Waals surface area contributed by atoms with Crippen LogP contribution in [0, 0.1) is 5.82 Å². The third-order valence-electron chi connectivity index (χ3n) is 5.14. The highest BCUT2D eigenvalue weighted by Crippen LogP contribution is 2.45. The summed E-state index contributed by atoms with van der Waals surface area (Å²) in [5, 5.41) is -0.191. The van der Waals surface area contributed by atoms with Crippen LogP contribution in [0.15, 0.2) is 51.3 Å². The number of nitrogens with zero attached hydrogens (tertiary/aromatic N) is 3. The molecule has 0 aliphatic heterocycles. The molecule has 10 heteroatoms. The van der Waals surface area contributed by atoms with Crippen LogP contribution >= 0.6 is 11.6 Å². The average molecular weight is 484 g/mol. The van der Waals surface area contributed by atoms with Crippen LogP contribution < -0.4 is 4.43 Å². The minimum Gasteiger partial charge on any atom is -0.541 e. The summed E-state index contributed by atoms with van der Waals surface area (Å²) in [6.07, 6.45) is 0. The van der Waals surface area contributed by atoms with Gasteiger partial charge in [0.1, 0.15) is 28.1 Å². The molecule has 2 rings (SSSR count). The normalized spacial score (nSPS) is 12.5. The van der Waals surface area contributed by atoms with Crippen LogP contribution in [0.25, 0.3) is 0 Å². The maximum Gasteiger partial charge on any atom is 0.250 e. The molecule has 0 heterocycles. The molecule has 0 unspecified atom stereocenters. The molecule has 0 N–H and O–H groups in total. The van der Waals surface area contributed by atoms with Crippen molar-refractivity contribution in [3.8, 4) is 5.75 Å². The van der Waals surface area contributed by atoms with Crippen LogP contribution in [0.2, 0.25) is 23.2 Å². The standard InChI is InChI=1S/C21H27ClFN3O3SSi/c1-21(2,3)31(6,7)29-19-18(25-14-24-17-11-9-8-10-16(17)23)13-12-15(22)20(19)30(27,28)26(4)5/h8-13H,1-7H3. The van der Waals surface area contributed by atoms with Crippen LogP contribution in [0.3, 0.4) is 0 Å². The number of halogens is 2. The quantitative estimate of drug-likeness (QED) is 0.360. The third-order valence-corrected chi connectivity index (χ3v) is 11.8. The second-order valence-corrected chi connectivity index (χ2v) is 15.9. The van der Waals surface area contributed by atoms with Gasteiger partial charge < -0.3 is 4.43 Å². The zero-order chi connectivity index (χ0) is 23.6. The van der Waals surface area contributed by atoms with E-state index in [4.69, 9.17) is 16.0 Å². The molecule has 0 aliphatic carbocycles. The van der Waals surface area contributed by atoms with Gasteiger partial charge >= 0.3 is 0 Å². The van der Waals surface area contributed by atoms with Crippen LogP contribution in [0.5, 0.6) is 5.75 Å². The highest BCUT2D eigenvalue weighted by atomic mass is 35.5. The van der Waals surface area contributed by atoms with E-state index in [0.29, 0.717) is 0 Å². The second-order valence-electron chi connectivity index (χ2n) is 8.65. The fraction of sp³-hybridized carbons (Fsp3) is 0.381. The van der Waals surface area contributed by atoms with Gasteiger partial charge in [-0.05, 0) is 42.4 Å². The Balaban J connectivity index is 2.74. The van der Waals surface area contributed by atoms with Crippen molar-refractivity contribution in [1.29, 1.82) is 0 Å². The second kappa shape index (κ2) is 9.22. The molecular formula is C21H27ClFN3O3SSi. The molecule has 0 atom stereocenters. The number of aliphatic imine (C=N–C) groups is 2. The van der Waals surface area contributed by atoms with Gasteiger partial charge in [-0.2, -0.15) is 9.98 Å². The lowest BCUT2D eigenvalue weighted by molar-refractivity contribution is 0.473. The Bertz CT molecular complexity index is 1140. The number of para-hydroxylation sites is 1. The SMILES string of the molecule is CN(C)S(=O)(=O)c1c(Cl)ccc(N=C=Nc2ccccc2F)c1O[Si](C)(C)C(C)(C)C. The molecule has 0 amide bonds. The molecule has 31 heavy (non-hydrogen) atoms. The molecule has 6 nitrogen and oxygen atoms in total. The smallest absolute Gasteiger partial charge is 0.250 e. The minimum atomic E-state index is -3.94. The Hall–Kier alpha value is -2.03. The Morgan fingerprint density at radius 1 is 1.06 bits per heavy atom. The van der Waals surface area contributed by atoms with Crippen LogP contribution in [-0.2, 0) is 10.0 Å². The molecule has 0 aromatic heterocycles. The van der Waals surface area contributed by atoms with Gasteiger partial charge in [0.15, 0.2) is 5.75 Å². The van der Waals surface area contributed by atoms with Crippen molar-refractivity contribution in [2.75, 3.05) is 14.1 Å². The molecule has 0 saturated carbocycles. The van der Waals surface area contributed by atoms with Gasteiger partial charge in [0.25, 0.3) is 8.32 Å². The first-order chi connectivity index (χ1) is 14.2. The molecule has 0 bridgehead atoms. The van der Waals surface area contributed by atoms with Crippen molar-refractivity contribution in [3.05, 3.63) is 47.2 Å². The van der Waals surface area contributed by atoms with Crippen molar-refractivity contribution in [3.63, 3.8) is 0 Å². The topological polar surface area (TPSA) is 71.3 Å². The predicted molar refractivity (Wildman–Crippen MR) is 126 cm³/mol. The van der Waals surface area contributed by atoms with E-state index in [-0.39, 0.29) is 32.1 Å². The minimum absolute atomic E-state index is 0.0207. The summed E-state index contributed by atoms with van der Waals surface area (Å²) in [7, 11) is -3.59. The van der Waals surface area contributed by atoms with Gasteiger partial charge in [-0.3, -0.25) is 0 Å². The fourth-order valence-electron chi connectivity index (χ4n) is 2.22. The van der Waals surface area contributed by atoms with Gasteiger partial charge in [-0.25, -0.2) is 17.1 Å². The van der Waals surface area contributed by atoms with Crippen LogP contribution in [-0.4, -0.2) is 41.1 Å². The van der Waals surface area contributed by atoms with Crippen molar-refractivity contribution >= 4 is 47.3 Å². The van der Waals surface area contributed by atoms with Crippen LogP contribution in [0.4, 0.5) is 15.8 Å². The Morgan fingerprint density at radius 2 is 1.65 bits per heavy atom. The summed E-state index contributed by atoms with van der Waals surface area (Å²) in [5.74, 6) is -0.473. The molecule has 2 aromatic carbocycles. The molecule has 0 spiro atoms. The summed E-state index contributed by atoms with van der Waals surface area (Å²) < 4.78 is 47.3. The van der Waals surface area contributed by atoms with E-state index in [1.54, 1.807) is 12.1 Å². The number of hydrogen-bond acceptors (Lipinski definition) is 5. The van der Waals surface area contributed by atoms with Gasteiger partial charge in [0, 0.05) is 14.1 Å². The number of sulfonamides is 1. The molecule has 0 saturated heterocycles. The van der Waals surface area contributed by atoms with Crippen molar-refractivity contribution in [2.24, 2.45) is 9.98 Å². The molecule has 0 aliphatic rings. The summed E-state index contributed by atoms with van der Waals surface area (Å²) >= 11 is 6.32. The van der Waals surface area contributed by atoms with E-state index in [0.717, 1.165) is 4.31 Å². The zero-order valence-corrected chi connectivity index (χ0v) is 21.3. The molecule has 0 fully saturated rings. The molecule has 0 radical (unpaired) electrons.